The highest BCUT2D eigenvalue weighted by molar-refractivity contribution is 7.91. The van der Waals surface area contributed by atoms with Crippen LogP contribution < -0.4 is 9.64 Å². The van der Waals surface area contributed by atoms with Crippen molar-refractivity contribution in [1.82, 2.24) is 9.80 Å². The highest BCUT2D eigenvalue weighted by atomic mass is 32.2. The number of ether oxygens (including phenoxy) is 1. The third-order valence-corrected chi connectivity index (χ3v) is 7.02. The van der Waals surface area contributed by atoms with Crippen molar-refractivity contribution in [2.24, 2.45) is 0 Å². The molecule has 2 aliphatic heterocycles. The Morgan fingerprint density at radius 2 is 1.92 bits per heavy atom. The summed E-state index contributed by atoms with van der Waals surface area (Å²) in [6.07, 6.45) is 0.619. The summed E-state index contributed by atoms with van der Waals surface area (Å²) in [7, 11) is 0.575. The highest BCUT2D eigenvalue weighted by Gasteiger charge is 2.32. The maximum Gasteiger partial charge on any atom is 0.236 e. The van der Waals surface area contributed by atoms with Crippen molar-refractivity contribution >= 4 is 21.4 Å². The number of carbonyl (C=O) groups excluding carboxylic acids is 1. The van der Waals surface area contributed by atoms with E-state index in [0.29, 0.717) is 19.5 Å². The number of likely N-dealkylation sites (N-methyl/N-ethyl adjacent to an activating group) is 1. The minimum Gasteiger partial charge on any atom is -0.495 e. The molecule has 0 aliphatic carbocycles. The van der Waals surface area contributed by atoms with Crippen molar-refractivity contribution in [3.05, 3.63) is 24.3 Å². The van der Waals surface area contributed by atoms with Gasteiger partial charge in [0.2, 0.25) is 5.91 Å². The van der Waals surface area contributed by atoms with Crippen LogP contribution in [0.5, 0.6) is 5.75 Å². The average molecular weight is 381 g/mol. The lowest BCUT2D eigenvalue weighted by atomic mass is 10.2. The Morgan fingerprint density at radius 3 is 2.54 bits per heavy atom. The molecule has 1 unspecified atom stereocenters. The molecule has 0 saturated carbocycles. The Morgan fingerprint density at radius 1 is 1.23 bits per heavy atom. The molecule has 1 aromatic carbocycles. The fraction of sp³-hybridized carbons (Fsp3) is 0.611. The highest BCUT2D eigenvalue weighted by Crippen LogP contribution is 2.28. The number of amides is 1. The number of methoxy groups -OCH3 is 1. The first-order chi connectivity index (χ1) is 12.4. The van der Waals surface area contributed by atoms with Gasteiger partial charge in [-0.05, 0) is 25.6 Å². The Kier molecular flexibility index (Phi) is 5.72. The third-order valence-electron chi connectivity index (χ3n) is 5.27. The number of sulfone groups is 1. The van der Waals surface area contributed by atoms with Crippen molar-refractivity contribution in [1.29, 1.82) is 0 Å². The van der Waals surface area contributed by atoms with Gasteiger partial charge in [-0.3, -0.25) is 9.69 Å². The van der Waals surface area contributed by atoms with Crippen LogP contribution >= 0.6 is 0 Å². The molecule has 2 fully saturated rings. The smallest absolute Gasteiger partial charge is 0.236 e. The fourth-order valence-corrected chi connectivity index (χ4v) is 5.46. The monoisotopic (exact) mass is 381 g/mol. The summed E-state index contributed by atoms with van der Waals surface area (Å²) in [5.74, 6) is 1.30. The molecular formula is C18H27N3O4S. The molecule has 26 heavy (non-hydrogen) atoms. The van der Waals surface area contributed by atoms with Crippen LogP contribution in [0, 0.1) is 0 Å². The Labute approximate surface area is 155 Å². The summed E-state index contributed by atoms with van der Waals surface area (Å²) in [6, 6.07) is 7.86. The van der Waals surface area contributed by atoms with Gasteiger partial charge in [0.1, 0.15) is 5.75 Å². The molecule has 7 nitrogen and oxygen atoms in total. The molecule has 1 atom stereocenters. The molecule has 1 amide bonds. The summed E-state index contributed by atoms with van der Waals surface area (Å²) in [4.78, 5) is 18.6. The number of hydrogen-bond acceptors (Lipinski definition) is 6. The summed E-state index contributed by atoms with van der Waals surface area (Å²) < 4.78 is 28.7. The number of hydrogen-bond donors (Lipinski definition) is 0. The van der Waals surface area contributed by atoms with Gasteiger partial charge in [-0.2, -0.15) is 0 Å². The van der Waals surface area contributed by atoms with E-state index in [4.69, 9.17) is 4.74 Å². The molecule has 8 heteroatoms. The number of rotatable bonds is 5. The standard InChI is InChI=1S/C18H27N3O4S/c1-19(15-7-12-26(23,24)14-15)13-18(22)21-10-8-20(9-11-21)16-5-3-4-6-17(16)25-2/h3-6,15H,7-14H2,1-2H3. The van der Waals surface area contributed by atoms with E-state index in [1.165, 1.54) is 0 Å². The number of piperazine rings is 1. The quantitative estimate of drug-likeness (QED) is 0.738. The van der Waals surface area contributed by atoms with Gasteiger partial charge >= 0.3 is 0 Å². The average Bonchev–Trinajstić information content (AvgIpc) is 3.01. The van der Waals surface area contributed by atoms with Gasteiger partial charge in [0.15, 0.2) is 9.84 Å². The van der Waals surface area contributed by atoms with E-state index in [2.05, 4.69) is 4.90 Å². The molecule has 144 valence electrons. The molecule has 3 rings (SSSR count). The maximum absolute atomic E-state index is 12.6. The van der Waals surface area contributed by atoms with E-state index >= 15 is 0 Å². The van der Waals surface area contributed by atoms with Crippen LogP contribution in [0.15, 0.2) is 24.3 Å². The van der Waals surface area contributed by atoms with Gasteiger partial charge < -0.3 is 14.5 Å². The zero-order valence-electron chi connectivity index (χ0n) is 15.4. The molecule has 2 aliphatic rings. The molecule has 0 N–H and O–H groups in total. The largest absolute Gasteiger partial charge is 0.495 e. The minimum atomic E-state index is -2.93. The Hall–Kier alpha value is -1.80. The molecule has 1 aromatic rings. The molecule has 0 aromatic heterocycles. The van der Waals surface area contributed by atoms with Crippen molar-refractivity contribution < 1.29 is 17.9 Å². The predicted octanol–water partition coefficient (Wildman–Crippen LogP) is 0.463. The van der Waals surface area contributed by atoms with Crippen LogP contribution in [-0.2, 0) is 14.6 Å². The lowest BCUT2D eigenvalue weighted by Crippen LogP contribution is -2.52. The zero-order chi connectivity index (χ0) is 18.7. The van der Waals surface area contributed by atoms with E-state index < -0.39 is 9.84 Å². The SMILES string of the molecule is COc1ccccc1N1CCN(C(=O)CN(C)C2CCS(=O)(=O)C2)CC1. The summed E-state index contributed by atoms with van der Waals surface area (Å²) in [5.41, 5.74) is 1.05. The van der Waals surface area contributed by atoms with Crippen LogP contribution in [0.4, 0.5) is 5.69 Å². The van der Waals surface area contributed by atoms with Gasteiger partial charge in [0.05, 0.1) is 30.8 Å². The summed E-state index contributed by atoms with van der Waals surface area (Å²) >= 11 is 0. The molecular weight excluding hydrogens is 354 g/mol. The van der Waals surface area contributed by atoms with Crippen molar-refractivity contribution in [2.45, 2.75) is 12.5 Å². The van der Waals surface area contributed by atoms with Crippen LogP contribution in [0.2, 0.25) is 0 Å². The van der Waals surface area contributed by atoms with Crippen molar-refractivity contribution in [3.8, 4) is 5.75 Å². The number of carbonyl (C=O) groups is 1. The number of para-hydroxylation sites is 2. The van der Waals surface area contributed by atoms with Crippen molar-refractivity contribution in [3.63, 3.8) is 0 Å². The van der Waals surface area contributed by atoms with Gasteiger partial charge in [0.25, 0.3) is 0 Å². The van der Waals surface area contributed by atoms with Crippen LogP contribution in [0.25, 0.3) is 0 Å². The zero-order valence-corrected chi connectivity index (χ0v) is 16.2. The number of nitrogens with zero attached hydrogens (tertiary/aromatic N) is 3. The van der Waals surface area contributed by atoms with Gasteiger partial charge in [-0.25, -0.2) is 8.42 Å². The number of anilines is 1. The molecule has 0 radical (unpaired) electrons. The van der Waals surface area contributed by atoms with Gasteiger partial charge in [0, 0.05) is 32.2 Å². The molecule has 2 heterocycles. The van der Waals surface area contributed by atoms with E-state index in [1.807, 2.05) is 41.1 Å². The lowest BCUT2D eigenvalue weighted by molar-refractivity contribution is -0.132. The normalized spacial score (nSPS) is 22.7. The van der Waals surface area contributed by atoms with Crippen molar-refractivity contribution in [2.75, 3.05) is 63.3 Å². The summed E-state index contributed by atoms with van der Waals surface area (Å²) in [6.45, 7) is 3.11. The topological polar surface area (TPSA) is 70.2 Å². The second kappa shape index (κ2) is 7.84. The first-order valence-corrected chi connectivity index (χ1v) is 10.8. The van der Waals surface area contributed by atoms with Crippen LogP contribution in [-0.4, -0.2) is 88.6 Å². The second-order valence-corrected chi connectivity index (χ2v) is 9.24. The summed E-state index contributed by atoms with van der Waals surface area (Å²) in [5, 5.41) is 0. The van der Waals surface area contributed by atoms with Gasteiger partial charge in [-0.15, -0.1) is 0 Å². The van der Waals surface area contributed by atoms with E-state index in [-0.39, 0.29) is 30.0 Å². The Bertz CT molecular complexity index is 745. The molecule has 2 saturated heterocycles. The molecule has 0 bridgehead atoms. The second-order valence-electron chi connectivity index (χ2n) is 7.01. The Balaban J connectivity index is 1.52. The first kappa shape index (κ1) is 19.0. The maximum atomic E-state index is 12.6. The molecule has 0 spiro atoms. The third kappa shape index (κ3) is 4.29. The van der Waals surface area contributed by atoms with Crippen LogP contribution in [0.3, 0.4) is 0 Å². The number of benzene rings is 1. The van der Waals surface area contributed by atoms with E-state index in [9.17, 15) is 13.2 Å². The lowest BCUT2D eigenvalue weighted by Gasteiger charge is -2.37. The fourth-order valence-electron chi connectivity index (χ4n) is 3.65. The van der Waals surface area contributed by atoms with Crippen LogP contribution in [0.1, 0.15) is 6.42 Å². The first-order valence-electron chi connectivity index (χ1n) is 8.96. The van der Waals surface area contributed by atoms with E-state index in [0.717, 1.165) is 24.5 Å². The predicted molar refractivity (Wildman–Crippen MR) is 101 cm³/mol. The van der Waals surface area contributed by atoms with E-state index in [1.54, 1.807) is 7.11 Å². The van der Waals surface area contributed by atoms with Gasteiger partial charge in [-0.1, -0.05) is 12.1 Å². The minimum absolute atomic E-state index is 0.0428.